The van der Waals surface area contributed by atoms with Crippen LogP contribution in [0.25, 0.3) is 0 Å². The highest BCUT2D eigenvalue weighted by Crippen LogP contribution is 2.29. The van der Waals surface area contributed by atoms with Gasteiger partial charge in [-0.15, -0.1) is 0 Å². The molecule has 0 saturated heterocycles. The first-order valence-corrected chi connectivity index (χ1v) is 9.66. The molecule has 8 heteroatoms. The van der Waals surface area contributed by atoms with Crippen LogP contribution in [0, 0.1) is 23.3 Å². The zero-order chi connectivity index (χ0) is 23.3. The van der Waals surface area contributed by atoms with E-state index >= 15 is 0 Å². The molecule has 3 rings (SSSR count). The fraction of sp³-hybridized carbons (Fsp3) is 0.167. The van der Waals surface area contributed by atoms with Crippen molar-refractivity contribution in [3.05, 3.63) is 106 Å². The molecule has 0 aliphatic carbocycles. The van der Waals surface area contributed by atoms with E-state index in [0.717, 1.165) is 0 Å². The van der Waals surface area contributed by atoms with E-state index in [1.54, 1.807) is 60.7 Å². The largest absolute Gasteiger partial charge is 0.462 e. The summed E-state index contributed by atoms with van der Waals surface area (Å²) in [7, 11) is 0. The van der Waals surface area contributed by atoms with Crippen LogP contribution in [-0.2, 0) is 20.7 Å². The number of hydrogen-bond donors (Lipinski definition) is 0. The number of esters is 2. The van der Waals surface area contributed by atoms with Gasteiger partial charge in [-0.2, -0.15) is 0 Å². The van der Waals surface area contributed by atoms with Gasteiger partial charge in [0.2, 0.25) is 0 Å². The molecule has 0 N–H and O–H groups in total. The molecule has 0 aliphatic rings. The first-order chi connectivity index (χ1) is 15.3. The zero-order valence-electron chi connectivity index (χ0n) is 16.9. The third-order valence-electron chi connectivity index (χ3n) is 4.61. The van der Waals surface area contributed by atoms with Gasteiger partial charge in [0.15, 0.2) is 29.4 Å². The summed E-state index contributed by atoms with van der Waals surface area (Å²) >= 11 is 0. The molecule has 0 aliphatic heterocycles. The third kappa shape index (κ3) is 4.80. The maximum Gasteiger partial charge on any atom is 0.344 e. The monoisotopic (exact) mass is 446 g/mol. The normalized spacial score (nSPS) is 10.8. The number of carbonyl (C=O) groups excluding carboxylic acids is 2. The quantitative estimate of drug-likeness (QED) is 0.281. The van der Waals surface area contributed by atoms with Crippen LogP contribution in [0.15, 0.2) is 60.7 Å². The minimum absolute atomic E-state index is 0.255. The average molecular weight is 446 g/mol. The molecule has 0 saturated carbocycles. The van der Waals surface area contributed by atoms with Gasteiger partial charge in [0.1, 0.15) is 5.56 Å². The molecule has 0 spiro atoms. The Kier molecular flexibility index (Phi) is 7.25. The lowest BCUT2D eigenvalue weighted by atomic mass is 10.0. The maximum atomic E-state index is 14.5. The maximum absolute atomic E-state index is 14.5. The summed E-state index contributed by atoms with van der Waals surface area (Å²) in [6, 6.07) is 17.2. The van der Waals surface area contributed by atoms with Crippen LogP contribution in [0.5, 0.6) is 0 Å². The molecule has 0 unspecified atom stereocenters. The van der Waals surface area contributed by atoms with Crippen LogP contribution in [-0.4, -0.2) is 18.5 Å². The van der Waals surface area contributed by atoms with Gasteiger partial charge in [0.25, 0.3) is 0 Å². The summed E-state index contributed by atoms with van der Waals surface area (Å²) in [5.74, 6) is -10.3. The molecule has 0 heterocycles. The molecule has 0 atom stereocenters. The van der Waals surface area contributed by atoms with Gasteiger partial charge in [-0.05, 0) is 18.1 Å². The lowest BCUT2D eigenvalue weighted by Crippen LogP contribution is -2.20. The van der Waals surface area contributed by atoms with Crippen molar-refractivity contribution in [1.29, 1.82) is 0 Å². The Labute approximate surface area is 181 Å². The number of hydrogen-bond acceptors (Lipinski definition) is 4. The van der Waals surface area contributed by atoms with Crippen molar-refractivity contribution in [2.75, 3.05) is 6.61 Å². The molecule has 32 heavy (non-hydrogen) atoms. The van der Waals surface area contributed by atoms with Crippen molar-refractivity contribution in [1.82, 2.24) is 0 Å². The number of ether oxygens (including phenoxy) is 2. The third-order valence-corrected chi connectivity index (χ3v) is 4.61. The Balaban J connectivity index is 1.91. The fourth-order valence-electron chi connectivity index (χ4n) is 3.12. The van der Waals surface area contributed by atoms with Crippen LogP contribution >= 0.6 is 0 Å². The molecule has 0 aromatic heterocycles. The van der Waals surface area contributed by atoms with E-state index in [0.29, 0.717) is 11.1 Å². The Morgan fingerprint density at radius 3 is 1.69 bits per heavy atom. The van der Waals surface area contributed by atoms with Gasteiger partial charge in [0.05, 0.1) is 13.0 Å². The second kappa shape index (κ2) is 10.1. The molecule has 3 aromatic carbocycles. The predicted molar refractivity (Wildman–Crippen MR) is 107 cm³/mol. The van der Waals surface area contributed by atoms with Crippen molar-refractivity contribution in [2.45, 2.75) is 19.4 Å². The first kappa shape index (κ1) is 23.0. The van der Waals surface area contributed by atoms with Crippen LogP contribution in [0.4, 0.5) is 17.6 Å². The molecular formula is C24H18F4O4. The second-order valence-corrected chi connectivity index (χ2v) is 6.70. The van der Waals surface area contributed by atoms with Gasteiger partial charge in [0, 0.05) is 5.56 Å². The number of benzene rings is 3. The smallest absolute Gasteiger partial charge is 0.344 e. The SMILES string of the molecule is CCOC(=O)c1c(F)c(F)c(CC(=O)OC(c2ccccc2)c2ccccc2)c(F)c1F. The number of carbonyl (C=O) groups is 2. The van der Waals surface area contributed by atoms with E-state index < -0.39 is 58.9 Å². The van der Waals surface area contributed by atoms with Gasteiger partial charge in [-0.3, -0.25) is 4.79 Å². The van der Waals surface area contributed by atoms with Crippen molar-refractivity contribution in [3.8, 4) is 0 Å². The van der Waals surface area contributed by atoms with Gasteiger partial charge in [-0.1, -0.05) is 60.7 Å². The van der Waals surface area contributed by atoms with Crippen LogP contribution < -0.4 is 0 Å². The van der Waals surface area contributed by atoms with Crippen molar-refractivity contribution in [2.24, 2.45) is 0 Å². The van der Waals surface area contributed by atoms with Crippen LogP contribution in [0.3, 0.4) is 0 Å². The van der Waals surface area contributed by atoms with Crippen molar-refractivity contribution >= 4 is 11.9 Å². The molecule has 0 bridgehead atoms. The Hall–Kier alpha value is -3.68. The van der Waals surface area contributed by atoms with Crippen LogP contribution in [0.1, 0.15) is 40.1 Å². The van der Waals surface area contributed by atoms with Gasteiger partial charge < -0.3 is 9.47 Å². The highest BCUT2D eigenvalue weighted by molar-refractivity contribution is 5.90. The Morgan fingerprint density at radius 2 is 1.25 bits per heavy atom. The van der Waals surface area contributed by atoms with E-state index in [2.05, 4.69) is 4.74 Å². The molecule has 166 valence electrons. The van der Waals surface area contributed by atoms with Crippen molar-refractivity contribution in [3.63, 3.8) is 0 Å². The standard InChI is InChI=1S/C24H18F4O4/c1-2-31-24(30)18-21(27)19(25)16(20(26)22(18)28)13-17(29)32-23(14-9-5-3-6-10-14)15-11-7-4-8-12-15/h3-12,23H,2,13H2,1H3. The first-order valence-electron chi connectivity index (χ1n) is 9.66. The van der Waals surface area contributed by atoms with Gasteiger partial charge in [-0.25, -0.2) is 22.4 Å². The van der Waals surface area contributed by atoms with E-state index in [4.69, 9.17) is 4.74 Å². The van der Waals surface area contributed by atoms with E-state index in [9.17, 15) is 27.2 Å². The minimum Gasteiger partial charge on any atom is -0.462 e. The fourth-order valence-corrected chi connectivity index (χ4v) is 3.12. The number of halogens is 4. The summed E-state index contributed by atoms with van der Waals surface area (Å²) in [5, 5.41) is 0. The molecular weight excluding hydrogens is 428 g/mol. The van der Waals surface area contributed by atoms with Crippen molar-refractivity contribution < 1.29 is 36.6 Å². The summed E-state index contributed by atoms with van der Waals surface area (Å²) in [6.45, 7) is 1.11. The highest BCUT2D eigenvalue weighted by atomic mass is 19.2. The summed E-state index contributed by atoms with van der Waals surface area (Å²) in [5.41, 5.74) is -1.51. The van der Waals surface area contributed by atoms with E-state index in [1.807, 2.05) is 0 Å². The summed E-state index contributed by atoms with van der Waals surface area (Å²) in [4.78, 5) is 24.2. The topological polar surface area (TPSA) is 52.6 Å². The number of rotatable bonds is 7. The van der Waals surface area contributed by atoms with Gasteiger partial charge >= 0.3 is 11.9 Å². The Bertz CT molecular complexity index is 1050. The highest BCUT2D eigenvalue weighted by Gasteiger charge is 2.32. The Morgan fingerprint density at radius 1 is 0.781 bits per heavy atom. The molecule has 0 radical (unpaired) electrons. The molecule has 0 amide bonds. The predicted octanol–water partition coefficient (Wildman–Crippen LogP) is 5.30. The molecule has 3 aromatic rings. The summed E-state index contributed by atoms with van der Waals surface area (Å²) in [6.07, 6.45) is -2.00. The summed E-state index contributed by atoms with van der Waals surface area (Å²) < 4.78 is 67.3. The molecule has 0 fully saturated rings. The van der Waals surface area contributed by atoms with E-state index in [1.165, 1.54) is 6.92 Å². The molecule has 4 nitrogen and oxygen atoms in total. The lowest BCUT2D eigenvalue weighted by Gasteiger charge is -2.19. The van der Waals surface area contributed by atoms with E-state index in [-0.39, 0.29) is 6.61 Å². The minimum atomic E-state index is -1.94. The van der Waals surface area contributed by atoms with Crippen LogP contribution in [0.2, 0.25) is 0 Å². The second-order valence-electron chi connectivity index (χ2n) is 6.70. The average Bonchev–Trinajstić information content (AvgIpc) is 2.80. The lowest BCUT2D eigenvalue weighted by molar-refractivity contribution is -0.146. The zero-order valence-corrected chi connectivity index (χ0v) is 16.9.